The molecule has 0 aromatic heterocycles. The maximum absolute atomic E-state index is 5.76. The molecule has 4 heteroatoms. The van der Waals surface area contributed by atoms with E-state index in [4.69, 9.17) is 23.8 Å². The van der Waals surface area contributed by atoms with Crippen LogP contribution in [0.1, 0.15) is 6.92 Å². The van der Waals surface area contributed by atoms with Crippen molar-refractivity contribution in [2.75, 3.05) is 11.9 Å². The molecule has 0 heterocycles. The lowest BCUT2D eigenvalue weighted by Gasteiger charge is -2.10. The van der Waals surface area contributed by atoms with Gasteiger partial charge in [0, 0.05) is 17.3 Å². The van der Waals surface area contributed by atoms with Crippen molar-refractivity contribution in [3.63, 3.8) is 0 Å². The van der Waals surface area contributed by atoms with Gasteiger partial charge in [-0.15, -0.1) is 0 Å². The Morgan fingerprint density at radius 2 is 2.00 bits per heavy atom. The molecule has 0 aliphatic rings. The van der Waals surface area contributed by atoms with Crippen LogP contribution in [-0.4, -0.2) is 11.7 Å². The zero-order valence-corrected chi connectivity index (χ0v) is 10.1. The van der Waals surface area contributed by atoms with Crippen molar-refractivity contribution in [2.45, 2.75) is 6.92 Å². The number of hydrogen-bond acceptors (Lipinski definition) is 1. The molecule has 1 aromatic rings. The molecule has 1 aromatic carbocycles. The first-order valence-electron chi connectivity index (χ1n) is 4.53. The molecular weight excluding hydrogens is 228 g/mol. The Hall–Kier alpha value is -1.06. The second-order valence-electron chi connectivity index (χ2n) is 3.27. The highest BCUT2D eigenvalue weighted by atomic mass is 35.5. The van der Waals surface area contributed by atoms with Crippen LogP contribution in [0.5, 0.6) is 0 Å². The van der Waals surface area contributed by atoms with E-state index in [1.807, 2.05) is 31.2 Å². The molecule has 0 unspecified atom stereocenters. The molecule has 0 saturated heterocycles. The van der Waals surface area contributed by atoms with Gasteiger partial charge >= 0.3 is 0 Å². The van der Waals surface area contributed by atoms with Crippen LogP contribution in [-0.2, 0) is 0 Å². The zero-order valence-electron chi connectivity index (χ0n) is 8.51. The minimum atomic E-state index is 0.584. The lowest BCUT2D eigenvalue weighted by molar-refractivity contribution is 1.000. The van der Waals surface area contributed by atoms with Gasteiger partial charge in [0.1, 0.15) is 0 Å². The first-order chi connectivity index (χ1) is 7.08. The van der Waals surface area contributed by atoms with E-state index in [0.29, 0.717) is 16.7 Å². The summed E-state index contributed by atoms with van der Waals surface area (Å²) in [7, 11) is 0. The highest BCUT2D eigenvalue weighted by Gasteiger charge is 1.96. The Kier molecular flexibility index (Phi) is 4.59. The summed E-state index contributed by atoms with van der Waals surface area (Å²) in [6.45, 7) is 6.40. The minimum absolute atomic E-state index is 0.584. The van der Waals surface area contributed by atoms with Crippen molar-refractivity contribution < 1.29 is 0 Å². The molecule has 0 aliphatic carbocycles. The average Bonchev–Trinajstić information content (AvgIpc) is 2.19. The summed E-state index contributed by atoms with van der Waals surface area (Å²) in [4.78, 5) is 0. The van der Waals surface area contributed by atoms with Crippen molar-refractivity contribution >= 4 is 34.6 Å². The number of benzene rings is 1. The highest BCUT2D eigenvalue weighted by Crippen LogP contribution is 2.12. The third-order valence-corrected chi connectivity index (χ3v) is 2.15. The van der Waals surface area contributed by atoms with Gasteiger partial charge in [-0.05, 0) is 43.4 Å². The second kappa shape index (κ2) is 5.73. The largest absolute Gasteiger partial charge is 0.359 e. The van der Waals surface area contributed by atoms with E-state index >= 15 is 0 Å². The molecule has 1 rings (SSSR count). The smallest absolute Gasteiger partial charge is 0.171 e. The predicted octanol–water partition coefficient (Wildman–Crippen LogP) is 3.20. The van der Waals surface area contributed by atoms with E-state index in [9.17, 15) is 0 Å². The minimum Gasteiger partial charge on any atom is -0.359 e. The number of thiocarbonyl (C=S) groups is 1. The third-order valence-electron chi connectivity index (χ3n) is 1.65. The molecule has 2 nitrogen and oxygen atoms in total. The van der Waals surface area contributed by atoms with Crippen molar-refractivity contribution in [1.82, 2.24) is 5.32 Å². The SMILES string of the molecule is C=C(C)CNC(=S)Nc1ccc(Cl)cc1. The number of anilines is 1. The number of halogens is 1. The summed E-state index contributed by atoms with van der Waals surface area (Å²) in [5.41, 5.74) is 1.95. The van der Waals surface area contributed by atoms with Crippen LogP contribution in [0.25, 0.3) is 0 Å². The second-order valence-corrected chi connectivity index (χ2v) is 4.12. The highest BCUT2D eigenvalue weighted by molar-refractivity contribution is 7.80. The molecule has 0 bridgehead atoms. The monoisotopic (exact) mass is 240 g/mol. The predicted molar refractivity (Wildman–Crippen MR) is 70.5 cm³/mol. The van der Waals surface area contributed by atoms with E-state index in [2.05, 4.69) is 17.2 Å². The molecule has 0 amide bonds. The zero-order chi connectivity index (χ0) is 11.3. The lowest BCUT2D eigenvalue weighted by Crippen LogP contribution is -2.29. The van der Waals surface area contributed by atoms with Crippen molar-refractivity contribution in [1.29, 1.82) is 0 Å². The van der Waals surface area contributed by atoms with E-state index < -0.39 is 0 Å². The van der Waals surface area contributed by atoms with Gasteiger partial charge in [-0.1, -0.05) is 23.8 Å². The Morgan fingerprint density at radius 3 is 2.53 bits per heavy atom. The van der Waals surface area contributed by atoms with Crippen molar-refractivity contribution in [2.24, 2.45) is 0 Å². The normalized spacial score (nSPS) is 9.47. The van der Waals surface area contributed by atoms with E-state index in [0.717, 1.165) is 11.3 Å². The van der Waals surface area contributed by atoms with Crippen LogP contribution in [0.3, 0.4) is 0 Å². The third kappa shape index (κ3) is 4.81. The Bertz CT molecular complexity index is 359. The maximum atomic E-state index is 5.76. The molecule has 0 radical (unpaired) electrons. The molecule has 80 valence electrons. The van der Waals surface area contributed by atoms with E-state index in [-0.39, 0.29) is 0 Å². The summed E-state index contributed by atoms with van der Waals surface area (Å²) < 4.78 is 0. The molecule has 2 N–H and O–H groups in total. The standard InChI is InChI=1S/C11H13ClN2S/c1-8(2)7-13-11(15)14-10-5-3-9(12)4-6-10/h3-6H,1,7H2,2H3,(H2,13,14,15). The van der Waals surface area contributed by atoms with Gasteiger partial charge in [-0.25, -0.2) is 0 Å². The fourth-order valence-electron chi connectivity index (χ4n) is 0.940. The van der Waals surface area contributed by atoms with Gasteiger partial charge in [0.15, 0.2) is 5.11 Å². The summed E-state index contributed by atoms with van der Waals surface area (Å²) >= 11 is 10.9. The van der Waals surface area contributed by atoms with Crippen LogP contribution in [0.2, 0.25) is 5.02 Å². The molecular formula is C11H13ClN2S. The van der Waals surface area contributed by atoms with Gasteiger partial charge < -0.3 is 10.6 Å². The Labute approximate surface area is 100 Å². The van der Waals surface area contributed by atoms with Crippen molar-refractivity contribution in [3.8, 4) is 0 Å². The quantitative estimate of drug-likeness (QED) is 0.627. The Morgan fingerprint density at radius 1 is 1.40 bits per heavy atom. The van der Waals surface area contributed by atoms with Crippen LogP contribution in [0.15, 0.2) is 36.4 Å². The van der Waals surface area contributed by atoms with Gasteiger partial charge in [0.2, 0.25) is 0 Å². The topological polar surface area (TPSA) is 24.1 Å². The van der Waals surface area contributed by atoms with Gasteiger partial charge in [-0.3, -0.25) is 0 Å². The van der Waals surface area contributed by atoms with Crippen LogP contribution in [0, 0.1) is 0 Å². The summed E-state index contributed by atoms with van der Waals surface area (Å²) in [6.07, 6.45) is 0. The first kappa shape index (κ1) is 12.0. The van der Waals surface area contributed by atoms with Gasteiger partial charge in [0.05, 0.1) is 0 Å². The van der Waals surface area contributed by atoms with Crippen LogP contribution < -0.4 is 10.6 Å². The number of nitrogens with one attached hydrogen (secondary N) is 2. The van der Waals surface area contributed by atoms with Crippen LogP contribution in [0.4, 0.5) is 5.69 Å². The summed E-state index contributed by atoms with van der Waals surface area (Å²) in [6, 6.07) is 7.37. The molecule has 0 fully saturated rings. The molecule has 0 atom stereocenters. The lowest BCUT2D eigenvalue weighted by atomic mass is 10.3. The van der Waals surface area contributed by atoms with Gasteiger partial charge in [0.25, 0.3) is 0 Å². The van der Waals surface area contributed by atoms with Crippen LogP contribution >= 0.6 is 23.8 Å². The fourth-order valence-corrected chi connectivity index (χ4v) is 1.26. The number of hydrogen-bond donors (Lipinski definition) is 2. The average molecular weight is 241 g/mol. The first-order valence-corrected chi connectivity index (χ1v) is 5.31. The Balaban J connectivity index is 2.44. The maximum Gasteiger partial charge on any atom is 0.171 e. The summed E-state index contributed by atoms with van der Waals surface area (Å²) in [5.74, 6) is 0. The molecule has 0 saturated carbocycles. The summed E-state index contributed by atoms with van der Waals surface area (Å²) in [5, 5.41) is 7.37. The fraction of sp³-hybridized carbons (Fsp3) is 0.182. The molecule has 0 aliphatic heterocycles. The van der Waals surface area contributed by atoms with Gasteiger partial charge in [-0.2, -0.15) is 0 Å². The molecule has 15 heavy (non-hydrogen) atoms. The van der Waals surface area contributed by atoms with E-state index in [1.165, 1.54) is 0 Å². The number of rotatable bonds is 3. The van der Waals surface area contributed by atoms with E-state index in [1.54, 1.807) is 0 Å². The van der Waals surface area contributed by atoms with Crippen molar-refractivity contribution in [3.05, 3.63) is 41.4 Å². The molecule has 0 spiro atoms.